The van der Waals surface area contributed by atoms with Gasteiger partial charge in [0.05, 0.1) is 10.0 Å². The summed E-state index contributed by atoms with van der Waals surface area (Å²) in [5.74, 6) is -0.253. The van der Waals surface area contributed by atoms with E-state index in [0.717, 1.165) is 11.1 Å². The van der Waals surface area contributed by atoms with Crippen LogP contribution in [0.3, 0.4) is 0 Å². The molecular formula is C21H24Cl2N2O2. The topological polar surface area (TPSA) is 49.4 Å². The Hall–Kier alpha value is -2.04. The number of benzene rings is 2. The van der Waals surface area contributed by atoms with Gasteiger partial charge in [-0.1, -0.05) is 66.5 Å². The Balaban J connectivity index is 2.35. The van der Waals surface area contributed by atoms with Crippen molar-refractivity contribution in [3.05, 3.63) is 69.7 Å². The summed E-state index contributed by atoms with van der Waals surface area (Å²) in [6.07, 6.45) is 0.756. The number of carbonyl (C=O) groups is 2. The number of carbonyl (C=O) groups excluding carboxylic acids is 2. The van der Waals surface area contributed by atoms with E-state index in [4.69, 9.17) is 23.2 Å². The van der Waals surface area contributed by atoms with Gasteiger partial charge in [0.2, 0.25) is 11.8 Å². The monoisotopic (exact) mass is 406 g/mol. The molecule has 0 radical (unpaired) electrons. The van der Waals surface area contributed by atoms with Crippen LogP contribution in [-0.2, 0) is 22.6 Å². The van der Waals surface area contributed by atoms with Gasteiger partial charge in [0, 0.05) is 25.9 Å². The van der Waals surface area contributed by atoms with E-state index >= 15 is 0 Å². The van der Waals surface area contributed by atoms with Crippen molar-refractivity contribution in [2.24, 2.45) is 0 Å². The van der Waals surface area contributed by atoms with Crippen LogP contribution >= 0.6 is 23.2 Å². The van der Waals surface area contributed by atoms with Gasteiger partial charge in [-0.2, -0.15) is 0 Å². The first kappa shape index (κ1) is 21.3. The number of nitrogens with zero attached hydrogens (tertiary/aromatic N) is 1. The zero-order valence-corrected chi connectivity index (χ0v) is 17.1. The Bertz CT molecular complexity index is 781. The van der Waals surface area contributed by atoms with Crippen molar-refractivity contribution in [2.45, 2.75) is 39.3 Å². The summed E-state index contributed by atoms with van der Waals surface area (Å²) in [6.45, 7) is 4.45. The van der Waals surface area contributed by atoms with Gasteiger partial charge in [-0.25, -0.2) is 0 Å². The van der Waals surface area contributed by atoms with Crippen molar-refractivity contribution in [3.63, 3.8) is 0 Å². The third-order valence-corrected chi connectivity index (χ3v) is 5.00. The highest BCUT2D eigenvalue weighted by atomic mass is 35.5. The van der Waals surface area contributed by atoms with Gasteiger partial charge in [0.1, 0.15) is 6.04 Å². The van der Waals surface area contributed by atoms with E-state index in [9.17, 15) is 9.59 Å². The first-order valence-electron chi connectivity index (χ1n) is 9.01. The highest BCUT2D eigenvalue weighted by molar-refractivity contribution is 6.42. The summed E-state index contributed by atoms with van der Waals surface area (Å²) < 4.78 is 0. The maximum atomic E-state index is 12.8. The van der Waals surface area contributed by atoms with E-state index in [2.05, 4.69) is 5.32 Å². The molecule has 1 atom stereocenters. The second-order valence-electron chi connectivity index (χ2n) is 6.22. The predicted octanol–water partition coefficient (Wildman–Crippen LogP) is 4.48. The van der Waals surface area contributed by atoms with Gasteiger partial charge < -0.3 is 10.2 Å². The number of rotatable bonds is 8. The van der Waals surface area contributed by atoms with Gasteiger partial charge in [-0.05, 0) is 30.2 Å². The van der Waals surface area contributed by atoms with E-state index < -0.39 is 6.04 Å². The lowest BCUT2D eigenvalue weighted by Gasteiger charge is -2.31. The highest BCUT2D eigenvalue weighted by Gasteiger charge is 2.29. The van der Waals surface area contributed by atoms with E-state index in [-0.39, 0.29) is 18.4 Å². The van der Waals surface area contributed by atoms with Crippen LogP contribution in [0.25, 0.3) is 0 Å². The Morgan fingerprint density at radius 3 is 2.30 bits per heavy atom. The minimum atomic E-state index is -0.603. The lowest BCUT2D eigenvalue weighted by atomic mass is 10.0. The largest absolute Gasteiger partial charge is 0.355 e. The zero-order chi connectivity index (χ0) is 19.8. The summed E-state index contributed by atoms with van der Waals surface area (Å²) in [5.41, 5.74) is 1.82. The number of amides is 2. The molecule has 0 saturated carbocycles. The molecule has 0 bridgehead atoms. The molecule has 27 heavy (non-hydrogen) atoms. The fourth-order valence-electron chi connectivity index (χ4n) is 2.88. The van der Waals surface area contributed by atoms with Crippen LogP contribution in [0.15, 0.2) is 48.5 Å². The second kappa shape index (κ2) is 10.3. The predicted molar refractivity (Wildman–Crippen MR) is 110 cm³/mol. The minimum Gasteiger partial charge on any atom is -0.355 e. The van der Waals surface area contributed by atoms with Crippen LogP contribution in [0.4, 0.5) is 0 Å². The molecular weight excluding hydrogens is 383 g/mol. The molecule has 0 aliphatic carbocycles. The Kier molecular flexibility index (Phi) is 8.14. The summed E-state index contributed by atoms with van der Waals surface area (Å²) in [6, 6.07) is 14.3. The first-order chi connectivity index (χ1) is 13.0. The van der Waals surface area contributed by atoms with Crippen molar-refractivity contribution in [1.29, 1.82) is 0 Å². The van der Waals surface area contributed by atoms with Crippen LogP contribution in [0.1, 0.15) is 31.4 Å². The van der Waals surface area contributed by atoms with Crippen LogP contribution in [-0.4, -0.2) is 29.3 Å². The quantitative estimate of drug-likeness (QED) is 0.702. The van der Waals surface area contributed by atoms with Gasteiger partial charge in [0.15, 0.2) is 0 Å². The van der Waals surface area contributed by atoms with Crippen LogP contribution in [0.5, 0.6) is 0 Å². The number of halogens is 2. The van der Waals surface area contributed by atoms with Gasteiger partial charge in [-0.3, -0.25) is 9.59 Å². The normalized spacial score (nSPS) is 11.7. The third-order valence-electron chi connectivity index (χ3n) is 4.26. The highest BCUT2D eigenvalue weighted by Crippen LogP contribution is 2.24. The average molecular weight is 407 g/mol. The van der Waals surface area contributed by atoms with Gasteiger partial charge in [0.25, 0.3) is 0 Å². The molecule has 0 aliphatic rings. The molecule has 0 saturated heterocycles. The maximum Gasteiger partial charge on any atom is 0.243 e. The number of hydrogen-bond donors (Lipinski definition) is 1. The molecule has 2 amide bonds. The molecule has 2 rings (SSSR count). The smallest absolute Gasteiger partial charge is 0.243 e. The van der Waals surface area contributed by atoms with Gasteiger partial charge in [-0.15, -0.1) is 0 Å². The van der Waals surface area contributed by atoms with E-state index in [0.29, 0.717) is 29.4 Å². The molecule has 0 aromatic heterocycles. The molecule has 0 heterocycles. The molecule has 4 nitrogen and oxygen atoms in total. The van der Waals surface area contributed by atoms with Crippen LogP contribution in [0.2, 0.25) is 10.0 Å². The second-order valence-corrected chi connectivity index (χ2v) is 7.04. The summed E-state index contributed by atoms with van der Waals surface area (Å²) in [7, 11) is 0. The van der Waals surface area contributed by atoms with Crippen molar-refractivity contribution in [3.8, 4) is 0 Å². The molecule has 0 unspecified atom stereocenters. The Morgan fingerprint density at radius 2 is 1.70 bits per heavy atom. The Morgan fingerprint density at radius 1 is 1.00 bits per heavy atom. The maximum absolute atomic E-state index is 12.8. The fourth-order valence-corrected chi connectivity index (χ4v) is 3.20. The molecule has 0 fully saturated rings. The number of nitrogens with one attached hydrogen (secondary N) is 1. The molecule has 0 spiro atoms. The van der Waals surface area contributed by atoms with Crippen molar-refractivity contribution >= 4 is 35.0 Å². The van der Waals surface area contributed by atoms with E-state index in [1.165, 1.54) is 0 Å². The Labute approximate surface area is 170 Å². The molecule has 0 aliphatic heterocycles. The standard InChI is InChI=1S/C21H24Cl2N2O2/c1-3-20(26)25(14-16-10-11-17(22)18(23)12-16)19(21(27)24-4-2)13-15-8-6-5-7-9-15/h5-12,19H,3-4,13-14H2,1-2H3,(H,24,27)/t19-/m1/s1. The van der Waals surface area contributed by atoms with Crippen molar-refractivity contribution in [1.82, 2.24) is 10.2 Å². The average Bonchev–Trinajstić information content (AvgIpc) is 2.67. The van der Waals surface area contributed by atoms with Crippen molar-refractivity contribution < 1.29 is 9.59 Å². The molecule has 2 aromatic rings. The number of likely N-dealkylation sites (N-methyl/N-ethyl adjacent to an activating group) is 1. The lowest BCUT2D eigenvalue weighted by molar-refractivity contribution is -0.141. The number of hydrogen-bond acceptors (Lipinski definition) is 2. The molecule has 2 aromatic carbocycles. The van der Waals surface area contributed by atoms with E-state index in [1.54, 1.807) is 24.0 Å². The first-order valence-corrected chi connectivity index (χ1v) is 9.76. The van der Waals surface area contributed by atoms with Gasteiger partial charge >= 0.3 is 0 Å². The molecule has 144 valence electrons. The summed E-state index contributed by atoms with van der Waals surface area (Å²) in [4.78, 5) is 27.1. The van der Waals surface area contributed by atoms with Crippen LogP contribution in [0, 0.1) is 0 Å². The molecule has 6 heteroatoms. The fraction of sp³-hybridized carbons (Fsp3) is 0.333. The van der Waals surface area contributed by atoms with Crippen LogP contribution < -0.4 is 5.32 Å². The zero-order valence-electron chi connectivity index (χ0n) is 15.5. The SMILES string of the molecule is CCNC(=O)[C@@H](Cc1ccccc1)N(Cc1ccc(Cl)c(Cl)c1)C(=O)CC. The minimum absolute atomic E-state index is 0.0896. The summed E-state index contributed by atoms with van der Waals surface area (Å²) in [5, 5.41) is 3.73. The third kappa shape index (κ3) is 5.98. The van der Waals surface area contributed by atoms with E-state index in [1.807, 2.05) is 43.3 Å². The summed E-state index contributed by atoms with van der Waals surface area (Å²) >= 11 is 12.1. The van der Waals surface area contributed by atoms with Crippen molar-refractivity contribution in [2.75, 3.05) is 6.54 Å². The molecule has 1 N–H and O–H groups in total. The lowest BCUT2D eigenvalue weighted by Crippen LogP contribution is -2.50.